The van der Waals surface area contributed by atoms with Gasteiger partial charge in [0.2, 0.25) is 0 Å². The molecule has 0 saturated carbocycles. The van der Waals surface area contributed by atoms with Gasteiger partial charge in [-0.3, -0.25) is 4.79 Å². The van der Waals surface area contributed by atoms with Crippen molar-refractivity contribution in [1.29, 1.82) is 0 Å². The fourth-order valence-corrected chi connectivity index (χ4v) is 1.41. The number of aromatic nitrogens is 1. The topological polar surface area (TPSA) is 32.9 Å². The van der Waals surface area contributed by atoms with E-state index in [-0.39, 0.29) is 5.82 Å². The van der Waals surface area contributed by atoms with Crippen molar-refractivity contribution in [2.45, 2.75) is 6.92 Å². The number of aromatic amines is 1. The number of H-pyrrole nitrogens is 1. The van der Waals surface area contributed by atoms with Crippen LogP contribution < -0.4 is 0 Å². The summed E-state index contributed by atoms with van der Waals surface area (Å²) in [5, 5.41) is 0.766. The third kappa shape index (κ3) is 1.13. The molecule has 1 aromatic heterocycles. The van der Waals surface area contributed by atoms with Crippen LogP contribution in [0.4, 0.5) is 4.39 Å². The second-order valence-corrected chi connectivity index (χ2v) is 3.01. The number of carbonyl (C=O) groups is 1. The lowest BCUT2D eigenvalue weighted by Gasteiger charge is -1.95. The van der Waals surface area contributed by atoms with E-state index in [0.717, 1.165) is 10.9 Å². The molecular weight excluding hydrogens is 169 g/mol. The van der Waals surface area contributed by atoms with Crippen LogP contribution in [0.5, 0.6) is 0 Å². The minimum Gasteiger partial charge on any atom is -0.359 e. The van der Waals surface area contributed by atoms with Gasteiger partial charge in [0.05, 0.1) is 5.52 Å². The molecule has 0 fully saturated rings. The van der Waals surface area contributed by atoms with E-state index >= 15 is 0 Å². The number of rotatable bonds is 1. The number of halogens is 1. The molecule has 0 unspecified atom stereocenters. The maximum atomic E-state index is 13.3. The van der Waals surface area contributed by atoms with Crippen molar-refractivity contribution in [2.75, 3.05) is 0 Å². The van der Waals surface area contributed by atoms with Crippen LogP contribution in [0.2, 0.25) is 0 Å². The van der Waals surface area contributed by atoms with Gasteiger partial charge in [0.1, 0.15) is 12.1 Å². The average molecular weight is 177 g/mol. The zero-order chi connectivity index (χ0) is 9.42. The van der Waals surface area contributed by atoms with Crippen molar-refractivity contribution in [1.82, 2.24) is 4.98 Å². The molecule has 2 rings (SSSR count). The summed E-state index contributed by atoms with van der Waals surface area (Å²) in [6.45, 7) is 1.87. The Morgan fingerprint density at radius 2 is 2.23 bits per heavy atom. The largest absolute Gasteiger partial charge is 0.359 e. The first-order chi connectivity index (χ1) is 6.22. The summed E-state index contributed by atoms with van der Waals surface area (Å²) in [5.41, 5.74) is 1.77. The summed E-state index contributed by atoms with van der Waals surface area (Å²) < 4.78 is 13.3. The average Bonchev–Trinajstić information content (AvgIpc) is 2.48. The zero-order valence-electron chi connectivity index (χ0n) is 7.10. The Morgan fingerprint density at radius 1 is 1.46 bits per heavy atom. The summed E-state index contributed by atoms with van der Waals surface area (Å²) in [4.78, 5) is 13.3. The van der Waals surface area contributed by atoms with E-state index in [1.165, 1.54) is 6.07 Å². The molecule has 0 aliphatic rings. The molecule has 0 aliphatic carbocycles. The Hall–Kier alpha value is -1.64. The molecule has 3 heteroatoms. The maximum Gasteiger partial charge on any atom is 0.150 e. The Bertz CT molecular complexity index is 473. The number of hydrogen-bond acceptors (Lipinski definition) is 1. The lowest BCUT2D eigenvalue weighted by Crippen LogP contribution is -1.84. The lowest BCUT2D eigenvalue weighted by atomic mass is 10.1. The van der Waals surface area contributed by atoms with Crippen LogP contribution >= 0.6 is 0 Å². The van der Waals surface area contributed by atoms with Gasteiger partial charge in [0, 0.05) is 17.1 Å². The Kier molecular flexibility index (Phi) is 1.65. The first-order valence-corrected chi connectivity index (χ1v) is 3.95. The fourth-order valence-electron chi connectivity index (χ4n) is 1.41. The molecule has 0 atom stereocenters. The minimum atomic E-state index is -0.382. The smallest absolute Gasteiger partial charge is 0.150 e. The number of aryl methyl sites for hydroxylation is 1. The summed E-state index contributed by atoms with van der Waals surface area (Å²) in [6, 6.07) is 2.91. The van der Waals surface area contributed by atoms with Crippen LogP contribution in [-0.4, -0.2) is 11.3 Å². The van der Waals surface area contributed by atoms with E-state index in [4.69, 9.17) is 0 Å². The Morgan fingerprint density at radius 3 is 2.92 bits per heavy atom. The van der Waals surface area contributed by atoms with Gasteiger partial charge >= 0.3 is 0 Å². The highest BCUT2D eigenvalue weighted by molar-refractivity contribution is 5.89. The van der Waals surface area contributed by atoms with Crippen LogP contribution in [-0.2, 0) is 0 Å². The van der Waals surface area contributed by atoms with E-state index in [1.807, 2.05) is 6.92 Å². The Balaban J connectivity index is 2.87. The van der Waals surface area contributed by atoms with Crippen LogP contribution in [0.25, 0.3) is 10.9 Å². The molecule has 0 radical (unpaired) electrons. The standard InChI is InChI=1S/C10H8FNO/c1-6-4-12-10-8(6)2-7(5-13)3-9(10)11/h2-5,12H,1H3. The van der Waals surface area contributed by atoms with Gasteiger partial charge in [-0.15, -0.1) is 0 Å². The number of hydrogen-bond donors (Lipinski definition) is 1. The van der Waals surface area contributed by atoms with Crippen LogP contribution in [0.15, 0.2) is 18.3 Å². The molecule has 1 aromatic carbocycles. The fraction of sp³-hybridized carbons (Fsp3) is 0.100. The molecule has 0 spiro atoms. The highest BCUT2D eigenvalue weighted by Crippen LogP contribution is 2.21. The van der Waals surface area contributed by atoms with Gasteiger partial charge in [0.15, 0.2) is 0 Å². The van der Waals surface area contributed by atoms with Crippen LogP contribution in [0.1, 0.15) is 15.9 Å². The molecule has 2 aromatic rings. The SMILES string of the molecule is Cc1c[nH]c2c(F)cc(C=O)cc12. The minimum absolute atomic E-state index is 0.368. The van der Waals surface area contributed by atoms with Crippen LogP contribution in [0, 0.1) is 12.7 Å². The molecule has 13 heavy (non-hydrogen) atoms. The van der Waals surface area contributed by atoms with E-state index in [9.17, 15) is 9.18 Å². The Labute approximate surface area is 74.4 Å². The van der Waals surface area contributed by atoms with E-state index < -0.39 is 0 Å². The summed E-state index contributed by atoms with van der Waals surface area (Å²) in [6.07, 6.45) is 2.37. The van der Waals surface area contributed by atoms with E-state index in [2.05, 4.69) is 4.98 Å². The maximum absolute atomic E-state index is 13.3. The molecular formula is C10H8FNO. The molecule has 66 valence electrons. The molecule has 0 saturated heterocycles. The van der Waals surface area contributed by atoms with Gasteiger partial charge in [-0.05, 0) is 24.6 Å². The second kappa shape index (κ2) is 2.69. The number of fused-ring (bicyclic) bond motifs is 1. The summed E-state index contributed by atoms with van der Waals surface area (Å²) >= 11 is 0. The van der Waals surface area contributed by atoms with Crippen molar-refractivity contribution in [3.05, 3.63) is 35.3 Å². The third-order valence-corrected chi connectivity index (χ3v) is 2.11. The van der Waals surface area contributed by atoms with E-state index in [0.29, 0.717) is 17.4 Å². The predicted molar refractivity (Wildman–Crippen MR) is 48.4 cm³/mol. The van der Waals surface area contributed by atoms with Crippen molar-refractivity contribution in [3.63, 3.8) is 0 Å². The highest BCUT2D eigenvalue weighted by Gasteiger charge is 2.06. The molecule has 1 heterocycles. The summed E-state index contributed by atoms with van der Waals surface area (Å²) in [5.74, 6) is -0.382. The quantitative estimate of drug-likeness (QED) is 0.666. The number of aldehydes is 1. The lowest BCUT2D eigenvalue weighted by molar-refractivity contribution is 0.112. The molecule has 0 bridgehead atoms. The second-order valence-electron chi connectivity index (χ2n) is 3.01. The first-order valence-electron chi connectivity index (χ1n) is 3.95. The molecule has 1 N–H and O–H groups in total. The van der Waals surface area contributed by atoms with Gasteiger partial charge in [-0.2, -0.15) is 0 Å². The highest BCUT2D eigenvalue weighted by atomic mass is 19.1. The zero-order valence-corrected chi connectivity index (χ0v) is 7.10. The van der Waals surface area contributed by atoms with Gasteiger partial charge in [0.25, 0.3) is 0 Å². The van der Waals surface area contributed by atoms with Crippen molar-refractivity contribution in [3.8, 4) is 0 Å². The van der Waals surface area contributed by atoms with E-state index in [1.54, 1.807) is 12.3 Å². The molecule has 0 aliphatic heterocycles. The van der Waals surface area contributed by atoms with Gasteiger partial charge < -0.3 is 4.98 Å². The van der Waals surface area contributed by atoms with Crippen molar-refractivity contribution in [2.24, 2.45) is 0 Å². The molecule has 0 amide bonds. The van der Waals surface area contributed by atoms with Crippen molar-refractivity contribution < 1.29 is 9.18 Å². The number of carbonyl (C=O) groups excluding carboxylic acids is 1. The predicted octanol–water partition coefficient (Wildman–Crippen LogP) is 2.43. The summed E-state index contributed by atoms with van der Waals surface area (Å²) in [7, 11) is 0. The van der Waals surface area contributed by atoms with Gasteiger partial charge in [-0.25, -0.2) is 4.39 Å². The molecule has 2 nitrogen and oxygen atoms in total. The number of benzene rings is 1. The van der Waals surface area contributed by atoms with Gasteiger partial charge in [-0.1, -0.05) is 0 Å². The monoisotopic (exact) mass is 177 g/mol. The number of nitrogens with one attached hydrogen (secondary N) is 1. The third-order valence-electron chi connectivity index (χ3n) is 2.11. The first kappa shape index (κ1) is 7.98. The van der Waals surface area contributed by atoms with Crippen molar-refractivity contribution >= 4 is 17.2 Å². The van der Waals surface area contributed by atoms with Crippen LogP contribution in [0.3, 0.4) is 0 Å². The normalized spacial score (nSPS) is 10.6.